The first-order chi connectivity index (χ1) is 10.7. The summed E-state index contributed by atoms with van der Waals surface area (Å²) < 4.78 is 5.36. The van der Waals surface area contributed by atoms with Gasteiger partial charge in [-0.15, -0.1) is 0 Å². The van der Waals surface area contributed by atoms with Crippen molar-refractivity contribution in [3.63, 3.8) is 0 Å². The fraction of sp³-hybridized carbons (Fsp3) is 0.667. The molecule has 2 amide bonds. The Hall–Kier alpha value is -2.09. The van der Waals surface area contributed by atoms with Gasteiger partial charge in [0.05, 0.1) is 18.3 Å². The molecule has 1 aliphatic heterocycles. The fourth-order valence-electron chi connectivity index (χ4n) is 2.31. The minimum absolute atomic E-state index is 0.171. The van der Waals surface area contributed by atoms with Gasteiger partial charge < -0.3 is 20.1 Å². The number of aliphatic hydroxyl groups is 1. The number of fused-ring (bicyclic) bond motifs is 1. The molecular weight excluding hydrogens is 300 g/mol. The standard InChI is InChI=1S/C15H24N4O4/c1-9(20)7-16-13(21)12-10-5-6-19(8-11(10)17-18-12)14(22)23-15(2,3)4/h9,20H,5-8H2,1-4H3,(H,16,21)(H,17,18). The highest BCUT2D eigenvalue weighted by molar-refractivity contribution is 5.94. The summed E-state index contributed by atoms with van der Waals surface area (Å²) in [5.74, 6) is -0.325. The second-order valence-electron chi connectivity index (χ2n) is 6.74. The molecule has 1 aromatic heterocycles. The Morgan fingerprint density at radius 3 is 2.78 bits per heavy atom. The lowest BCUT2D eigenvalue weighted by Gasteiger charge is -2.29. The maximum Gasteiger partial charge on any atom is 0.410 e. The van der Waals surface area contributed by atoms with E-state index in [0.29, 0.717) is 25.2 Å². The van der Waals surface area contributed by atoms with Crippen molar-refractivity contribution in [1.29, 1.82) is 0 Å². The SMILES string of the molecule is CC(O)CNC(=O)c1n[nH]c2c1CCN(C(=O)OC(C)(C)C)C2. The summed E-state index contributed by atoms with van der Waals surface area (Å²) in [5.41, 5.74) is 1.33. The van der Waals surface area contributed by atoms with Crippen LogP contribution < -0.4 is 5.32 Å². The molecule has 0 saturated carbocycles. The van der Waals surface area contributed by atoms with Crippen molar-refractivity contribution in [2.24, 2.45) is 0 Å². The molecule has 0 fully saturated rings. The van der Waals surface area contributed by atoms with Crippen molar-refractivity contribution in [1.82, 2.24) is 20.4 Å². The number of amides is 2. The van der Waals surface area contributed by atoms with Gasteiger partial charge >= 0.3 is 6.09 Å². The lowest BCUT2D eigenvalue weighted by molar-refractivity contribution is 0.0221. The smallest absolute Gasteiger partial charge is 0.410 e. The zero-order valence-electron chi connectivity index (χ0n) is 14.0. The van der Waals surface area contributed by atoms with E-state index in [9.17, 15) is 14.7 Å². The highest BCUT2D eigenvalue weighted by Gasteiger charge is 2.29. The quantitative estimate of drug-likeness (QED) is 0.763. The van der Waals surface area contributed by atoms with Gasteiger partial charge in [0.1, 0.15) is 5.60 Å². The Morgan fingerprint density at radius 2 is 2.17 bits per heavy atom. The van der Waals surface area contributed by atoms with Gasteiger partial charge in [-0.3, -0.25) is 9.89 Å². The molecule has 0 aliphatic carbocycles. The Morgan fingerprint density at radius 1 is 1.48 bits per heavy atom. The van der Waals surface area contributed by atoms with Crippen LogP contribution >= 0.6 is 0 Å². The van der Waals surface area contributed by atoms with Crippen LogP contribution in [0.15, 0.2) is 0 Å². The maximum atomic E-state index is 12.1. The number of nitrogens with zero attached hydrogens (tertiary/aromatic N) is 2. The molecule has 0 saturated heterocycles. The molecule has 1 aromatic rings. The fourth-order valence-corrected chi connectivity index (χ4v) is 2.31. The van der Waals surface area contributed by atoms with Crippen molar-refractivity contribution in [2.45, 2.75) is 52.4 Å². The van der Waals surface area contributed by atoms with Crippen LogP contribution in [0.2, 0.25) is 0 Å². The second-order valence-corrected chi connectivity index (χ2v) is 6.74. The summed E-state index contributed by atoms with van der Waals surface area (Å²) in [6, 6.07) is 0. The number of rotatable bonds is 3. The minimum atomic E-state index is -0.614. The van der Waals surface area contributed by atoms with E-state index in [2.05, 4.69) is 15.5 Å². The van der Waals surface area contributed by atoms with Gasteiger partial charge in [0.15, 0.2) is 5.69 Å². The van der Waals surface area contributed by atoms with Crippen molar-refractivity contribution < 1.29 is 19.4 Å². The highest BCUT2D eigenvalue weighted by Crippen LogP contribution is 2.22. The first-order valence-electron chi connectivity index (χ1n) is 7.67. The second kappa shape index (κ2) is 6.57. The van der Waals surface area contributed by atoms with Crippen molar-refractivity contribution in [2.75, 3.05) is 13.1 Å². The van der Waals surface area contributed by atoms with Gasteiger partial charge in [0.25, 0.3) is 5.91 Å². The summed E-state index contributed by atoms with van der Waals surface area (Å²) in [7, 11) is 0. The number of nitrogens with one attached hydrogen (secondary N) is 2. The highest BCUT2D eigenvalue weighted by atomic mass is 16.6. The van der Waals surface area contributed by atoms with Gasteiger partial charge in [-0.2, -0.15) is 5.10 Å². The molecule has 2 rings (SSSR count). The number of carbonyl (C=O) groups is 2. The molecule has 128 valence electrons. The van der Waals surface area contributed by atoms with Crippen LogP contribution in [0.1, 0.15) is 49.4 Å². The molecule has 8 nitrogen and oxygen atoms in total. The monoisotopic (exact) mass is 324 g/mol. The third-order valence-electron chi connectivity index (χ3n) is 3.36. The minimum Gasteiger partial charge on any atom is -0.444 e. The van der Waals surface area contributed by atoms with Gasteiger partial charge in [-0.1, -0.05) is 0 Å². The van der Waals surface area contributed by atoms with Crippen molar-refractivity contribution >= 4 is 12.0 Å². The Balaban J connectivity index is 2.04. The van der Waals surface area contributed by atoms with E-state index in [1.165, 1.54) is 0 Å². The molecule has 0 aromatic carbocycles. The van der Waals surface area contributed by atoms with Gasteiger partial charge in [0.2, 0.25) is 0 Å². The van der Waals surface area contributed by atoms with E-state index in [-0.39, 0.29) is 18.5 Å². The van der Waals surface area contributed by atoms with Crippen LogP contribution in [0.5, 0.6) is 0 Å². The number of aromatic nitrogens is 2. The maximum absolute atomic E-state index is 12.1. The van der Waals surface area contributed by atoms with Crippen molar-refractivity contribution in [3.8, 4) is 0 Å². The lowest BCUT2D eigenvalue weighted by Crippen LogP contribution is -2.40. The first-order valence-corrected chi connectivity index (χ1v) is 7.67. The van der Waals surface area contributed by atoms with Crippen LogP contribution in [-0.2, 0) is 17.7 Å². The van der Waals surface area contributed by atoms with E-state index in [1.807, 2.05) is 20.8 Å². The van der Waals surface area contributed by atoms with Crippen molar-refractivity contribution in [3.05, 3.63) is 17.0 Å². The molecule has 3 N–H and O–H groups in total. The van der Waals surface area contributed by atoms with E-state index >= 15 is 0 Å². The molecule has 2 heterocycles. The van der Waals surface area contributed by atoms with Crippen LogP contribution in [0, 0.1) is 0 Å². The Kier molecular flexibility index (Phi) is 4.93. The van der Waals surface area contributed by atoms with E-state index in [0.717, 1.165) is 11.3 Å². The number of aliphatic hydroxyl groups excluding tert-OH is 1. The van der Waals surface area contributed by atoms with Gasteiger partial charge in [-0.25, -0.2) is 4.79 Å². The summed E-state index contributed by atoms with van der Waals surface area (Å²) in [6.07, 6.45) is -0.461. The third kappa shape index (κ3) is 4.44. The molecule has 8 heteroatoms. The molecule has 0 bridgehead atoms. The molecule has 1 unspecified atom stereocenters. The average molecular weight is 324 g/mol. The zero-order chi connectivity index (χ0) is 17.2. The number of hydrogen-bond donors (Lipinski definition) is 3. The molecule has 1 aliphatic rings. The molecule has 1 atom stereocenters. The number of H-pyrrole nitrogens is 1. The lowest BCUT2D eigenvalue weighted by atomic mass is 10.0. The van der Waals surface area contributed by atoms with Gasteiger partial charge in [0, 0.05) is 18.7 Å². The van der Waals surface area contributed by atoms with E-state index in [1.54, 1.807) is 11.8 Å². The van der Waals surface area contributed by atoms with E-state index < -0.39 is 11.7 Å². The van der Waals surface area contributed by atoms with Crippen LogP contribution in [0.25, 0.3) is 0 Å². The zero-order valence-corrected chi connectivity index (χ0v) is 14.0. The third-order valence-corrected chi connectivity index (χ3v) is 3.36. The van der Waals surface area contributed by atoms with E-state index in [4.69, 9.17) is 4.74 Å². The number of aromatic amines is 1. The molecule has 0 radical (unpaired) electrons. The predicted octanol–water partition coefficient (Wildman–Crippen LogP) is 0.813. The summed E-state index contributed by atoms with van der Waals surface area (Å²) in [6.45, 7) is 8.03. The molecule has 0 spiro atoms. The number of hydrogen-bond acceptors (Lipinski definition) is 5. The molecular formula is C15H24N4O4. The summed E-state index contributed by atoms with van der Waals surface area (Å²) in [5, 5.41) is 18.7. The Bertz CT molecular complexity index is 589. The first kappa shape index (κ1) is 17.3. The van der Waals surface area contributed by atoms with Gasteiger partial charge in [-0.05, 0) is 34.1 Å². The normalized spacial score (nSPS) is 15.8. The summed E-state index contributed by atoms with van der Waals surface area (Å²) >= 11 is 0. The number of ether oxygens (including phenoxy) is 1. The molecule has 23 heavy (non-hydrogen) atoms. The Labute approximate surface area is 135 Å². The summed E-state index contributed by atoms with van der Waals surface area (Å²) in [4.78, 5) is 25.8. The average Bonchev–Trinajstić information content (AvgIpc) is 2.85. The predicted molar refractivity (Wildman–Crippen MR) is 82.9 cm³/mol. The van der Waals surface area contributed by atoms with Crippen LogP contribution in [0.3, 0.4) is 0 Å². The van der Waals surface area contributed by atoms with Crippen LogP contribution in [-0.4, -0.2) is 57.0 Å². The largest absolute Gasteiger partial charge is 0.444 e. The van der Waals surface area contributed by atoms with Crippen LogP contribution in [0.4, 0.5) is 4.79 Å². The number of carbonyl (C=O) groups excluding carboxylic acids is 2. The topological polar surface area (TPSA) is 108 Å².